The van der Waals surface area contributed by atoms with Crippen LogP contribution in [-0.2, 0) is 16.6 Å². The Hall–Kier alpha value is -1.93. The molecule has 6 nitrogen and oxygen atoms in total. The topological polar surface area (TPSA) is 101 Å². The lowest BCUT2D eigenvalue weighted by Gasteiger charge is -2.06. The van der Waals surface area contributed by atoms with Gasteiger partial charge in [-0.3, -0.25) is 0 Å². The highest BCUT2D eigenvalue weighted by atomic mass is 32.2. The molecule has 18 heavy (non-hydrogen) atoms. The smallest absolute Gasteiger partial charge is 0.241 e. The first-order valence-electron chi connectivity index (χ1n) is 5.01. The van der Waals surface area contributed by atoms with Crippen LogP contribution in [0, 0.1) is 5.82 Å². The highest BCUT2D eigenvalue weighted by Crippen LogP contribution is 2.16. The summed E-state index contributed by atoms with van der Waals surface area (Å²) in [5.41, 5.74) is 5.79. The molecule has 0 bridgehead atoms. The predicted octanol–water partition coefficient (Wildman–Crippen LogP) is 0.609. The van der Waals surface area contributed by atoms with Gasteiger partial charge >= 0.3 is 0 Å². The minimum Gasteiger partial charge on any atom is -0.396 e. The summed E-state index contributed by atoms with van der Waals surface area (Å²) in [6, 6.07) is 3.33. The van der Waals surface area contributed by atoms with Crippen LogP contribution in [0.5, 0.6) is 0 Å². The molecule has 0 aliphatic carbocycles. The Morgan fingerprint density at radius 3 is 2.83 bits per heavy atom. The summed E-state index contributed by atoms with van der Waals surface area (Å²) >= 11 is 0. The number of hydrogen-bond donors (Lipinski definition) is 3. The van der Waals surface area contributed by atoms with Crippen LogP contribution in [-0.4, -0.2) is 18.4 Å². The van der Waals surface area contributed by atoms with Gasteiger partial charge in [0, 0.05) is 11.9 Å². The number of H-pyrrole nitrogens is 1. The van der Waals surface area contributed by atoms with Crippen LogP contribution in [0.2, 0.25) is 0 Å². The molecule has 1 heterocycles. The van der Waals surface area contributed by atoms with Crippen LogP contribution >= 0.6 is 0 Å². The van der Waals surface area contributed by atoms with Gasteiger partial charge in [0.1, 0.15) is 5.82 Å². The number of sulfonamides is 1. The quantitative estimate of drug-likeness (QED) is 0.708. The number of rotatable bonds is 4. The molecule has 0 unspecified atom stereocenters. The van der Waals surface area contributed by atoms with E-state index in [1.54, 1.807) is 0 Å². The Morgan fingerprint density at radius 1 is 1.44 bits per heavy atom. The molecule has 1 aromatic carbocycles. The third-order valence-electron chi connectivity index (χ3n) is 2.29. The summed E-state index contributed by atoms with van der Waals surface area (Å²) in [6.45, 7) is 0.0499. The normalized spacial score (nSPS) is 11.6. The molecule has 0 saturated carbocycles. The van der Waals surface area contributed by atoms with E-state index in [0.717, 1.165) is 6.07 Å². The molecule has 96 valence electrons. The van der Waals surface area contributed by atoms with E-state index in [2.05, 4.69) is 14.7 Å². The van der Waals surface area contributed by atoms with Crippen LogP contribution in [0.1, 0.15) is 5.69 Å². The number of nitrogens with zero attached hydrogens (tertiary/aromatic N) is 1. The third-order valence-corrected chi connectivity index (χ3v) is 3.69. The summed E-state index contributed by atoms with van der Waals surface area (Å²) in [5.74, 6) is -0.764. The van der Waals surface area contributed by atoms with Gasteiger partial charge in [-0.25, -0.2) is 22.5 Å². The van der Waals surface area contributed by atoms with E-state index in [4.69, 9.17) is 5.73 Å². The molecule has 0 spiro atoms. The van der Waals surface area contributed by atoms with Gasteiger partial charge in [-0.1, -0.05) is 0 Å². The number of halogens is 1. The Balaban J connectivity index is 2.17. The number of aromatic amines is 1. The number of nitrogens with one attached hydrogen (secondary N) is 2. The number of imidazole rings is 1. The fraction of sp³-hybridized carbons (Fsp3) is 0.100. The summed E-state index contributed by atoms with van der Waals surface area (Å²) < 4.78 is 39.2. The zero-order chi connectivity index (χ0) is 13.2. The maximum absolute atomic E-state index is 13.2. The fourth-order valence-corrected chi connectivity index (χ4v) is 2.33. The Labute approximate surface area is 103 Å². The monoisotopic (exact) mass is 270 g/mol. The standard InChI is InChI=1S/C10H11FN4O2S/c11-9-3-8(1-2-10(9)12)18(16,17)15-5-7-4-13-6-14-7/h1-4,6,15H,5,12H2,(H,13,14). The molecule has 4 N–H and O–H groups in total. The minimum atomic E-state index is -3.77. The van der Waals surface area contributed by atoms with E-state index >= 15 is 0 Å². The molecule has 0 aliphatic rings. The maximum Gasteiger partial charge on any atom is 0.241 e. The van der Waals surface area contributed by atoms with E-state index in [0.29, 0.717) is 5.69 Å². The van der Waals surface area contributed by atoms with Crippen molar-refractivity contribution < 1.29 is 12.8 Å². The van der Waals surface area contributed by atoms with Gasteiger partial charge in [-0.05, 0) is 18.2 Å². The lowest BCUT2D eigenvalue weighted by Crippen LogP contribution is -2.23. The highest BCUT2D eigenvalue weighted by Gasteiger charge is 2.15. The molecule has 1 aromatic heterocycles. The van der Waals surface area contributed by atoms with Gasteiger partial charge in [0.15, 0.2) is 0 Å². The molecular weight excluding hydrogens is 259 g/mol. The second-order valence-corrected chi connectivity index (χ2v) is 5.35. The largest absolute Gasteiger partial charge is 0.396 e. The summed E-state index contributed by atoms with van der Waals surface area (Å²) in [7, 11) is -3.77. The number of benzene rings is 1. The van der Waals surface area contributed by atoms with Crippen molar-refractivity contribution in [2.24, 2.45) is 0 Å². The molecule has 0 radical (unpaired) electrons. The molecule has 2 rings (SSSR count). The van der Waals surface area contributed by atoms with Crippen molar-refractivity contribution in [3.05, 3.63) is 42.2 Å². The minimum absolute atomic E-state index is 0.0499. The fourth-order valence-electron chi connectivity index (χ4n) is 1.31. The molecule has 0 atom stereocenters. The van der Waals surface area contributed by atoms with Crippen molar-refractivity contribution in [2.45, 2.75) is 11.4 Å². The maximum atomic E-state index is 13.2. The van der Waals surface area contributed by atoms with Crippen molar-refractivity contribution in [3.8, 4) is 0 Å². The van der Waals surface area contributed by atoms with Gasteiger partial charge in [-0.2, -0.15) is 0 Å². The number of anilines is 1. The first-order chi connectivity index (χ1) is 8.49. The van der Waals surface area contributed by atoms with Crippen LogP contribution in [0.15, 0.2) is 35.6 Å². The van der Waals surface area contributed by atoms with Crippen molar-refractivity contribution >= 4 is 15.7 Å². The number of aromatic nitrogens is 2. The average molecular weight is 270 g/mol. The molecular formula is C10H11FN4O2S. The van der Waals surface area contributed by atoms with Gasteiger partial charge in [0.25, 0.3) is 0 Å². The zero-order valence-electron chi connectivity index (χ0n) is 9.22. The van der Waals surface area contributed by atoms with E-state index in [1.807, 2.05) is 0 Å². The van der Waals surface area contributed by atoms with E-state index in [9.17, 15) is 12.8 Å². The Morgan fingerprint density at radius 2 is 2.22 bits per heavy atom. The van der Waals surface area contributed by atoms with Crippen molar-refractivity contribution in [3.63, 3.8) is 0 Å². The third kappa shape index (κ3) is 2.66. The second-order valence-electron chi connectivity index (χ2n) is 3.58. The molecule has 0 saturated heterocycles. The molecule has 0 amide bonds. The molecule has 0 fully saturated rings. The zero-order valence-corrected chi connectivity index (χ0v) is 10.0. The van der Waals surface area contributed by atoms with Gasteiger partial charge < -0.3 is 10.7 Å². The van der Waals surface area contributed by atoms with Crippen molar-refractivity contribution in [1.82, 2.24) is 14.7 Å². The van der Waals surface area contributed by atoms with E-state index < -0.39 is 15.8 Å². The van der Waals surface area contributed by atoms with E-state index in [-0.39, 0.29) is 17.1 Å². The predicted molar refractivity (Wildman–Crippen MR) is 63.4 cm³/mol. The first kappa shape index (κ1) is 12.5. The van der Waals surface area contributed by atoms with Crippen LogP contribution in [0.3, 0.4) is 0 Å². The summed E-state index contributed by atoms with van der Waals surface area (Å²) in [4.78, 5) is 6.33. The first-order valence-corrected chi connectivity index (χ1v) is 6.49. The van der Waals surface area contributed by atoms with E-state index in [1.165, 1.54) is 24.7 Å². The Kier molecular flexibility index (Phi) is 3.30. The lowest BCUT2D eigenvalue weighted by atomic mass is 10.3. The van der Waals surface area contributed by atoms with Crippen molar-refractivity contribution in [1.29, 1.82) is 0 Å². The van der Waals surface area contributed by atoms with Crippen LogP contribution in [0.25, 0.3) is 0 Å². The second kappa shape index (κ2) is 4.75. The van der Waals surface area contributed by atoms with Gasteiger partial charge in [0.2, 0.25) is 10.0 Å². The van der Waals surface area contributed by atoms with Crippen molar-refractivity contribution in [2.75, 3.05) is 5.73 Å². The van der Waals surface area contributed by atoms with Crippen LogP contribution in [0.4, 0.5) is 10.1 Å². The average Bonchev–Trinajstić information content (AvgIpc) is 2.83. The van der Waals surface area contributed by atoms with Gasteiger partial charge in [-0.15, -0.1) is 0 Å². The molecule has 2 aromatic rings. The summed E-state index contributed by atoms with van der Waals surface area (Å²) in [5, 5.41) is 0. The van der Waals surface area contributed by atoms with Gasteiger partial charge in [0.05, 0.1) is 23.5 Å². The highest BCUT2D eigenvalue weighted by molar-refractivity contribution is 7.89. The Bertz CT molecular complexity index is 640. The SMILES string of the molecule is Nc1ccc(S(=O)(=O)NCc2cnc[nH]2)cc1F. The number of nitrogens with two attached hydrogens (primary N) is 1. The molecule has 0 aliphatic heterocycles. The number of nitrogen functional groups attached to an aromatic ring is 1. The molecule has 8 heteroatoms. The lowest BCUT2D eigenvalue weighted by molar-refractivity contribution is 0.577. The van der Waals surface area contributed by atoms with Crippen LogP contribution < -0.4 is 10.5 Å². The number of hydrogen-bond acceptors (Lipinski definition) is 4. The summed E-state index contributed by atoms with van der Waals surface area (Å²) in [6.07, 6.45) is 2.93.